The van der Waals surface area contributed by atoms with Crippen LogP contribution in [0.2, 0.25) is 0 Å². The van der Waals surface area contributed by atoms with Crippen LogP contribution in [-0.4, -0.2) is 37.4 Å². The van der Waals surface area contributed by atoms with Crippen molar-refractivity contribution < 1.29 is 24.2 Å². The summed E-state index contributed by atoms with van der Waals surface area (Å²) in [5.41, 5.74) is 0. The maximum absolute atomic E-state index is 10.5. The highest BCUT2D eigenvalue weighted by Gasteiger charge is 2.17. The van der Waals surface area contributed by atoms with Crippen molar-refractivity contribution in [3.8, 4) is 0 Å². The first-order valence-corrected chi connectivity index (χ1v) is 2.93. The molecule has 5 heteroatoms. The normalized spacial score (nSPS) is 10.1. The number of hydrogen-bond acceptors (Lipinski definition) is 4. The number of carbonyl (C=O) groups is 2. The third-order valence-corrected chi connectivity index (χ3v) is 1.12. The summed E-state index contributed by atoms with van der Waals surface area (Å²) >= 11 is 0. The second-order valence-corrected chi connectivity index (χ2v) is 1.83. The molecule has 0 bridgehead atoms. The molecule has 5 nitrogen and oxygen atoms in total. The molecule has 0 aliphatic rings. The quantitative estimate of drug-likeness (QED) is 0.441. The first kappa shape index (κ1) is 10.1. The van der Waals surface area contributed by atoms with Gasteiger partial charge in [-0.1, -0.05) is 0 Å². The van der Waals surface area contributed by atoms with Gasteiger partial charge < -0.3 is 14.6 Å². The van der Waals surface area contributed by atoms with Crippen molar-refractivity contribution in [3.05, 3.63) is 0 Å². The van der Waals surface area contributed by atoms with Gasteiger partial charge in [0.05, 0.1) is 6.42 Å². The maximum atomic E-state index is 10.5. The maximum Gasteiger partial charge on any atom is 0.372 e. The number of carbonyl (C=O) groups excluding carboxylic acids is 1. The summed E-state index contributed by atoms with van der Waals surface area (Å²) in [5, 5.41) is 8.16. The molecule has 0 rings (SSSR count). The number of Topliss-reactive ketones (excluding diaryl/α,β-unsaturated/α-hetero) is 1. The van der Waals surface area contributed by atoms with E-state index in [0.717, 1.165) is 0 Å². The van der Waals surface area contributed by atoms with Gasteiger partial charge in [0, 0.05) is 14.2 Å². The van der Waals surface area contributed by atoms with Gasteiger partial charge in [-0.05, 0) is 0 Å². The molecule has 0 aromatic rings. The summed E-state index contributed by atoms with van der Waals surface area (Å²) in [6.07, 6.45) is -1.03. The lowest BCUT2D eigenvalue weighted by Crippen LogP contribution is -2.23. The van der Waals surface area contributed by atoms with Crippen LogP contribution < -0.4 is 0 Å². The van der Waals surface area contributed by atoms with Crippen LogP contribution in [0.5, 0.6) is 0 Å². The second-order valence-electron chi connectivity index (χ2n) is 1.83. The molecule has 0 unspecified atom stereocenters. The zero-order valence-electron chi connectivity index (χ0n) is 6.36. The van der Waals surface area contributed by atoms with Crippen LogP contribution in [0.25, 0.3) is 0 Å². The van der Waals surface area contributed by atoms with E-state index in [0.29, 0.717) is 0 Å². The van der Waals surface area contributed by atoms with Gasteiger partial charge in [0.2, 0.25) is 5.78 Å². The number of rotatable bonds is 5. The summed E-state index contributed by atoms with van der Waals surface area (Å²) in [6.45, 7) is 0. The minimum atomic E-state index is -1.47. The highest BCUT2D eigenvalue weighted by atomic mass is 16.7. The molecule has 0 aromatic carbocycles. The Hall–Kier alpha value is -0.940. The first-order chi connectivity index (χ1) is 5.11. The van der Waals surface area contributed by atoms with Gasteiger partial charge in [-0.15, -0.1) is 0 Å². The molecule has 64 valence electrons. The fourth-order valence-corrected chi connectivity index (χ4v) is 0.502. The zero-order valence-corrected chi connectivity index (χ0v) is 6.36. The Morgan fingerprint density at radius 3 is 2.09 bits per heavy atom. The number of ether oxygens (including phenoxy) is 2. The lowest BCUT2D eigenvalue weighted by molar-refractivity contribution is -0.156. The molecule has 0 radical (unpaired) electrons. The van der Waals surface area contributed by atoms with Crippen molar-refractivity contribution in [2.24, 2.45) is 0 Å². The molecule has 11 heavy (non-hydrogen) atoms. The van der Waals surface area contributed by atoms with E-state index in [-0.39, 0.29) is 6.42 Å². The summed E-state index contributed by atoms with van der Waals surface area (Å²) in [6, 6.07) is 0. The fraction of sp³-hybridized carbons (Fsp3) is 0.667. The Labute approximate surface area is 63.9 Å². The Bertz CT molecular complexity index is 149. The van der Waals surface area contributed by atoms with Gasteiger partial charge in [-0.3, -0.25) is 4.79 Å². The van der Waals surface area contributed by atoms with Gasteiger partial charge in [0.1, 0.15) is 0 Å². The average Bonchev–Trinajstić information content (AvgIpc) is 1.99. The number of hydrogen-bond donors (Lipinski definition) is 1. The van der Waals surface area contributed by atoms with E-state index >= 15 is 0 Å². The van der Waals surface area contributed by atoms with Crippen LogP contribution in [0.1, 0.15) is 6.42 Å². The van der Waals surface area contributed by atoms with Crippen LogP contribution in [0, 0.1) is 0 Å². The minimum absolute atomic E-state index is 0.262. The third kappa shape index (κ3) is 3.69. The molecule has 0 saturated heterocycles. The van der Waals surface area contributed by atoms with Crippen LogP contribution in [0.3, 0.4) is 0 Å². The van der Waals surface area contributed by atoms with Crippen LogP contribution in [0.4, 0.5) is 0 Å². The van der Waals surface area contributed by atoms with Crippen molar-refractivity contribution in [2.45, 2.75) is 12.7 Å². The highest BCUT2D eigenvalue weighted by Crippen LogP contribution is 1.98. The van der Waals surface area contributed by atoms with Crippen LogP contribution in [0.15, 0.2) is 0 Å². The van der Waals surface area contributed by atoms with Crippen LogP contribution >= 0.6 is 0 Å². The Balaban J connectivity index is 3.81. The predicted octanol–water partition coefficient (Wildman–Crippen LogP) is -0.351. The first-order valence-electron chi connectivity index (χ1n) is 2.93. The highest BCUT2D eigenvalue weighted by molar-refractivity contribution is 6.32. The fourth-order valence-electron chi connectivity index (χ4n) is 0.502. The Kier molecular flexibility index (Phi) is 4.40. The summed E-state index contributed by atoms with van der Waals surface area (Å²) in [4.78, 5) is 20.5. The number of aliphatic carboxylic acids is 1. The number of ketones is 1. The van der Waals surface area contributed by atoms with Crippen LogP contribution in [-0.2, 0) is 19.1 Å². The molecule has 0 spiro atoms. The van der Waals surface area contributed by atoms with Gasteiger partial charge in [0.15, 0.2) is 6.29 Å². The minimum Gasteiger partial charge on any atom is -0.475 e. The molecule has 0 atom stereocenters. The SMILES string of the molecule is COC(CC(=O)C(=O)O)OC. The van der Waals surface area contributed by atoms with Gasteiger partial charge >= 0.3 is 5.97 Å². The number of carboxylic acids is 1. The lowest BCUT2D eigenvalue weighted by atomic mass is 10.3. The predicted molar refractivity (Wildman–Crippen MR) is 35.1 cm³/mol. The smallest absolute Gasteiger partial charge is 0.372 e. The van der Waals surface area contributed by atoms with Crippen molar-refractivity contribution in [1.29, 1.82) is 0 Å². The van der Waals surface area contributed by atoms with E-state index in [4.69, 9.17) is 5.11 Å². The molecule has 1 N–H and O–H groups in total. The molecule has 0 fully saturated rings. The molecule has 0 aliphatic heterocycles. The average molecular weight is 162 g/mol. The molecule has 0 amide bonds. The van der Waals surface area contributed by atoms with Crippen molar-refractivity contribution >= 4 is 11.8 Å². The van der Waals surface area contributed by atoms with Gasteiger partial charge in [-0.25, -0.2) is 4.79 Å². The number of carboxylic acid groups (broad SMARTS) is 1. The zero-order chi connectivity index (χ0) is 8.85. The van der Waals surface area contributed by atoms with Crippen molar-refractivity contribution in [2.75, 3.05) is 14.2 Å². The van der Waals surface area contributed by atoms with E-state index in [1.165, 1.54) is 14.2 Å². The Morgan fingerprint density at radius 1 is 1.36 bits per heavy atom. The molecular formula is C6H10O5. The van der Waals surface area contributed by atoms with E-state index in [1.54, 1.807) is 0 Å². The van der Waals surface area contributed by atoms with Crippen molar-refractivity contribution in [3.63, 3.8) is 0 Å². The van der Waals surface area contributed by atoms with Crippen molar-refractivity contribution in [1.82, 2.24) is 0 Å². The lowest BCUT2D eigenvalue weighted by Gasteiger charge is -2.09. The van der Waals surface area contributed by atoms with Gasteiger partial charge in [-0.2, -0.15) is 0 Å². The molecule has 0 saturated carbocycles. The second kappa shape index (κ2) is 4.81. The molecule has 0 heterocycles. The number of methoxy groups -OCH3 is 2. The van der Waals surface area contributed by atoms with E-state index in [1.807, 2.05) is 0 Å². The van der Waals surface area contributed by atoms with E-state index < -0.39 is 18.0 Å². The summed E-state index contributed by atoms with van der Waals surface area (Å²) in [7, 11) is 2.67. The molecule has 0 aliphatic carbocycles. The van der Waals surface area contributed by atoms with E-state index in [9.17, 15) is 9.59 Å². The monoisotopic (exact) mass is 162 g/mol. The standard InChI is InChI=1S/C6H10O5/c1-10-5(11-2)3-4(7)6(8)9/h5H,3H2,1-2H3,(H,8,9). The summed E-state index contributed by atoms with van der Waals surface area (Å²) in [5.74, 6) is -2.39. The third-order valence-electron chi connectivity index (χ3n) is 1.12. The topological polar surface area (TPSA) is 72.8 Å². The summed E-state index contributed by atoms with van der Waals surface area (Å²) < 4.78 is 9.23. The largest absolute Gasteiger partial charge is 0.475 e. The molecular weight excluding hydrogens is 152 g/mol. The van der Waals surface area contributed by atoms with E-state index in [2.05, 4.69) is 9.47 Å². The molecule has 0 aromatic heterocycles. The Morgan fingerprint density at radius 2 is 1.82 bits per heavy atom. The van der Waals surface area contributed by atoms with Gasteiger partial charge in [0.25, 0.3) is 0 Å².